The Labute approximate surface area is 74.9 Å². The van der Waals surface area contributed by atoms with E-state index in [0.717, 1.165) is 19.3 Å². The lowest BCUT2D eigenvalue weighted by atomic mass is 9.89. The molecule has 0 saturated carbocycles. The maximum Gasteiger partial charge on any atom is 0.0666 e. The van der Waals surface area contributed by atoms with Gasteiger partial charge in [-0.2, -0.15) is 0 Å². The molecule has 0 radical (unpaired) electrons. The van der Waals surface area contributed by atoms with Crippen LogP contribution in [0.25, 0.3) is 0 Å². The van der Waals surface area contributed by atoms with Crippen molar-refractivity contribution in [3.05, 3.63) is 0 Å². The average Bonchev–Trinajstić information content (AvgIpc) is 1.82. The summed E-state index contributed by atoms with van der Waals surface area (Å²) in [5.74, 6) is 0.656. The van der Waals surface area contributed by atoms with Crippen LogP contribution in [-0.2, 0) is 4.74 Å². The third-order valence-corrected chi connectivity index (χ3v) is 2.40. The van der Waals surface area contributed by atoms with Gasteiger partial charge in [-0.15, -0.1) is 0 Å². The highest BCUT2D eigenvalue weighted by Crippen LogP contribution is 2.27. The summed E-state index contributed by atoms with van der Waals surface area (Å²) < 4.78 is 5.56. The molecule has 72 valence electrons. The summed E-state index contributed by atoms with van der Waals surface area (Å²) in [5, 5.41) is 9.78. The first kappa shape index (κ1) is 10.0. The Morgan fingerprint density at radius 1 is 1.58 bits per heavy atom. The lowest BCUT2D eigenvalue weighted by molar-refractivity contribution is -0.0985. The highest BCUT2D eigenvalue weighted by molar-refractivity contribution is 4.81. The molecule has 0 bridgehead atoms. The topological polar surface area (TPSA) is 29.5 Å². The quantitative estimate of drug-likeness (QED) is 0.690. The van der Waals surface area contributed by atoms with E-state index in [0.29, 0.717) is 12.5 Å². The minimum atomic E-state index is -0.488. The van der Waals surface area contributed by atoms with Gasteiger partial charge in [-0.1, -0.05) is 13.8 Å². The second-order valence-corrected chi connectivity index (χ2v) is 4.57. The summed E-state index contributed by atoms with van der Waals surface area (Å²) in [6.07, 6.45) is 2.91. The van der Waals surface area contributed by atoms with E-state index in [-0.39, 0.29) is 6.10 Å². The molecule has 0 aromatic rings. The van der Waals surface area contributed by atoms with Crippen LogP contribution in [0.3, 0.4) is 0 Å². The van der Waals surface area contributed by atoms with Gasteiger partial charge in [0, 0.05) is 13.0 Å². The van der Waals surface area contributed by atoms with Crippen molar-refractivity contribution in [2.45, 2.75) is 51.7 Å². The molecule has 1 aliphatic heterocycles. The van der Waals surface area contributed by atoms with Crippen LogP contribution in [0.1, 0.15) is 40.0 Å². The number of aliphatic hydroxyl groups is 1. The summed E-state index contributed by atoms with van der Waals surface area (Å²) >= 11 is 0. The molecule has 1 aliphatic rings. The van der Waals surface area contributed by atoms with Gasteiger partial charge in [0.15, 0.2) is 0 Å². The second kappa shape index (κ2) is 3.75. The summed E-state index contributed by atoms with van der Waals surface area (Å²) in [7, 11) is 0. The summed E-state index contributed by atoms with van der Waals surface area (Å²) in [5.41, 5.74) is -0.488. The van der Waals surface area contributed by atoms with Crippen molar-refractivity contribution < 1.29 is 9.84 Å². The molecule has 0 spiro atoms. The molecule has 12 heavy (non-hydrogen) atoms. The van der Waals surface area contributed by atoms with Crippen LogP contribution in [0.5, 0.6) is 0 Å². The molecule has 1 N–H and O–H groups in total. The maximum absolute atomic E-state index is 9.78. The fourth-order valence-corrected chi connectivity index (χ4v) is 1.77. The number of hydrogen-bond donors (Lipinski definition) is 1. The third-order valence-electron chi connectivity index (χ3n) is 2.40. The summed E-state index contributed by atoms with van der Waals surface area (Å²) in [6, 6.07) is 0. The summed E-state index contributed by atoms with van der Waals surface area (Å²) in [4.78, 5) is 0. The highest BCUT2D eigenvalue weighted by atomic mass is 16.5. The van der Waals surface area contributed by atoms with E-state index in [9.17, 15) is 5.11 Å². The molecule has 2 atom stereocenters. The van der Waals surface area contributed by atoms with E-state index in [1.165, 1.54) is 0 Å². The highest BCUT2D eigenvalue weighted by Gasteiger charge is 2.30. The molecule has 0 unspecified atom stereocenters. The zero-order valence-electron chi connectivity index (χ0n) is 8.34. The van der Waals surface area contributed by atoms with Crippen LogP contribution in [0.2, 0.25) is 0 Å². The SMILES string of the molecule is CC(C)C[C@@H]1C[C@](C)(O)CCO1. The first-order valence-electron chi connectivity index (χ1n) is 4.83. The van der Waals surface area contributed by atoms with Crippen molar-refractivity contribution in [2.75, 3.05) is 6.61 Å². The van der Waals surface area contributed by atoms with Crippen LogP contribution < -0.4 is 0 Å². The maximum atomic E-state index is 9.78. The molecule has 1 rings (SSSR count). The molecule has 1 fully saturated rings. The van der Waals surface area contributed by atoms with Crippen molar-refractivity contribution in [1.82, 2.24) is 0 Å². The van der Waals surface area contributed by atoms with Crippen molar-refractivity contribution in [1.29, 1.82) is 0 Å². The lowest BCUT2D eigenvalue weighted by Crippen LogP contribution is -2.38. The van der Waals surface area contributed by atoms with Gasteiger partial charge in [0.1, 0.15) is 0 Å². The molecule has 0 aromatic heterocycles. The summed E-state index contributed by atoms with van der Waals surface area (Å²) in [6.45, 7) is 6.99. The second-order valence-electron chi connectivity index (χ2n) is 4.57. The smallest absolute Gasteiger partial charge is 0.0666 e. The molecule has 1 saturated heterocycles. The van der Waals surface area contributed by atoms with Crippen molar-refractivity contribution >= 4 is 0 Å². The predicted octanol–water partition coefficient (Wildman–Crippen LogP) is 1.96. The number of rotatable bonds is 2. The van der Waals surface area contributed by atoms with Crippen molar-refractivity contribution in [3.63, 3.8) is 0 Å². The van der Waals surface area contributed by atoms with Crippen LogP contribution in [0, 0.1) is 5.92 Å². The largest absolute Gasteiger partial charge is 0.390 e. The van der Waals surface area contributed by atoms with Gasteiger partial charge in [0.25, 0.3) is 0 Å². The minimum Gasteiger partial charge on any atom is -0.390 e. The van der Waals surface area contributed by atoms with Gasteiger partial charge in [0.05, 0.1) is 11.7 Å². The van der Waals surface area contributed by atoms with E-state index >= 15 is 0 Å². The van der Waals surface area contributed by atoms with Gasteiger partial charge >= 0.3 is 0 Å². The average molecular weight is 172 g/mol. The zero-order chi connectivity index (χ0) is 9.19. The first-order chi connectivity index (χ1) is 5.49. The standard InChI is InChI=1S/C10H20O2/c1-8(2)6-9-7-10(3,11)4-5-12-9/h8-9,11H,4-7H2,1-3H3/t9-,10-/m1/s1. The van der Waals surface area contributed by atoms with Crippen LogP contribution in [-0.4, -0.2) is 23.4 Å². The Morgan fingerprint density at radius 2 is 2.25 bits per heavy atom. The van der Waals surface area contributed by atoms with Gasteiger partial charge in [0.2, 0.25) is 0 Å². The van der Waals surface area contributed by atoms with E-state index in [4.69, 9.17) is 4.74 Å². The first-order valence-corrected chi connectivity index (χ1v) is 4.83. The Morgan fingerprint density at radius 3 is 2.75 bits per heavy atom. The molecular weight excluding hydrogens is 152 g/mol. The van der Waals surface area contributed by atoms with Crippen LogP contribution >= 0.6 is 0 Å². The van der Waals surface area contributed by atoms with Crippen molar-refractivity contribution in [2.24, 2.45) is 5.92 Å². The molecule has 2 heteroatoms. The van der Waals surface area contributed by atoms with Crippen LogP contribution in [0.15, 0.2) is 0 Å². The van der Waals surface area contributed by atoms with Gasteiger partial charge in [-0.3, -0.25) is 0 Å². The molecule has 0 amide bonds. The van der Waals surface area contributed by atoms with Gasteiger partial charge in [-0.05, 0) is 25.7 Å². The van der Waals surface area contributed by atoms with E-state index < -0.39 is 5.60 Å². The van der Waals surface area contributed by atoms with Gasteiger partial charge in [-0.25, -0.2) is 0 Å². The molecule has 2 nitrogen and oxygen atoms in total. The van der Waals surface area contributed by atoms with Gasteiger partial charge < -0.3 is 9.84 Å². The van der Waals surface area contributed by atoms with Crippen molar-refractivity contribution in [3.8, 4) is 0 Å². The van der Waals surface area contributed by atoms with Crippen LogP contribution in [0.4, 0.5) is 0 Å². The van der Waals surface area contributed by atoms with E-state index in [1.807, 2.05) is 6.92 Å². The van der Waals surface area contributed by atoms with E-state index in [1.54, 1.807) is 0 Å². The molecule has 1 heterocycles. The Hall–Kier alpha value is -0.0800. The monoisotopic (exact) mass is 172 g/mol. The number of hydrogen-bond acceptors (Lipinski definition) is 2. The molecular formula is C10H20O2. The molecule has 0 aliphatic carbocycles. The lowest BCUT2D eigenvalue weighted by Gasteiger charge is -2.34. The normalized spacial score (nSPS) is 37.2. The van der Waals surface area contributed by atoms with E-state index in [2.05, 4.69) is 13.8 Å². The Balaban J connectivity index is 2.36. The fourth-order valence-electron chi connectivity index (χ4n) is 1.77. The Kier molecular flexibility index (Phi) is 3.13. The predicted molar refractivity (Wildman–Crippen MR) is 49.1 cm³/mol. The zero-order valence-corrected chi connectivity index (χ0v) is 8.34. The minimum absolute atomic E-state index is 0.272. The molecule has 0 aromatic carbocycles. The fraction of sp³-hybridized carbons (Fsp3) is 1.00. The Bertz CT molecular complexity index is 141. The number of ether oxygens (including phenoxy) is 1. The third kappa shape index (κ3) is 3.11.